The van der Waals surface area contributed by atoms with Gasteiger partial charge < -0.3 is 14.5 Å². The number of para-hydroxylation sites is 1. The van der Waals surface area contributed by atoms with Crippen molar-refractivity contribution in [2.75, 3.05) is 13.6 Å². The van der Waals surface area contributed by atoms with Crippen LogP contribution in [0.2, 0.25) is 0 Å². The van der Waals surface area contributed by atoms with Crippen LogP contribution in [0.4, 0.5) is 0 Å². The van der Waals surface area contributed by atoms with E-state index < -0.39 is 0 Å². The number of carbonyl (C=O) groups is 2. The lowest BCUT2D eigenvalue weighted by Crippen LogP contribution is -2.52. The summed E-state index contributed by atoms with van der Waals surface area (Å²) in [4.78, 5) is 28.4. The molecule has 140 valence electrons. The van der Waals surface area contributed by atoms with Gasteiger partial charge in [-0.2, -0.15) is 0 Å². The molecule has 0 bridgehead atoms. The van der Waals surface area contributed by atoms with E-state index in [0.717, 1.165) is 49.8 Å². The van der Waals surface area contributed by atoms with E-state index in [1.54, 1.807) is 6.92 Å². The van der Waals surface area contributed by atoms with Gasteiger partial charge in [-0.3, -0.25) is 9.59 Å². The minimum Gasteiger partial charge on any atom is -0.485 e. The fourth-order valence-corrected chi connectivity index (χ4v) is 4.41. The molecule has 1 aliphatic heterocycles. The van der Waals surface area contributed by atoms with Crippen LogP contribution in [0.1, 0.15) is 51.0 Å². The molecule has 2 fully saturated rings. The normalized spacial score (nSPS) is 28.1. The van der Waals surface area contributed by atoms with Crippen molar-refractivity contribution in [2.24, 2.45) is 5.92 Å². The van der Waals surface area contributed by atoms with E-state index in [1.807, 2.05) is 41.1 Å². The number of rotatable bonds is 2. The summed E-state index contributed by atoms with van der Waals surface area (Å²) in [7, 11) is 1.95. The molecule has 5 heteroatoms. The fourth-order valence-electron chi connectivity index (χ4n) is 4.41. The van der Waals surface area contributed by atoms with E-state index in [9.17, 15) is 9.59 Å². The van der Waals surface area contributed by atoms with Crippen molar-refractivity contribution in [3.8, 4) is 5.75 Å². The number of benzene rings is 1. The van der Waals surface area contributed by atoms with Gasteiger partial charge in [0, 0.05) is 38.0 Å². The van der Waals surface area contributed by atoms with Crippen LogP contribution in [-0.2, 0) is 16.1 Å². The zero-order chi connectivity index (χ0) is 18.3. The quantitative estimate of drug-likeness (QED) is 0.819. The molecule has 1 spiro atoms. The first-order chi connectivity index (χ1) is 12.5. The number of nitrogens with zero attached hydrogens (tertiary/aromatic N) is 2. The summed E-state index contributed by atoms with van der Waals surface area (Å²) in [5.41, 5.74) is 0.737. The van der Waals surface area contributed by atoms with Crippen LogP contribution < -0.4 is 4.74 Å². The zero-order valence-electron chi connectivity index (χ0n) is 15.7. The lowest BCUT2D eigenvalue weighted by atomic mass is 9.81. The van der Waals surface area contributed by atoms with Crippen LogP contribution in [0.3, 0.4) is 0 Å². The van der Waals surface area contributed by atoms with Crippen LogP contribution in [0, 0.1) is 5.92 Å². The van der Waals surface area contributed by atoms with Crippen molar-refractivity contribution in [3.05, 3.63) is 29.8 Å². The summed E-state index contributed by atoms with van der Waals surface area (Å²) in [6.07, 6.45) is 5.71. The molecule has 4 rings (SSSR count). The van der Waals surface area contributed by atoms with Crippen LogP contribution in [0.15, 0.2) is 24.3 Å². The number of amides is 2. The molecule has 2 amide bonds. The number of carbonyl (C=O) groups excluding carboxylic acids is 2. The van der Waals surface area contributed by atoms with Crippen LogP contribution in [0.25, 0.3) is 0 Å². The van der Waals surface area contributed by atoms with Gasteiger partial charge in [-0.1, -0.05) is 18.2 Å². The van der Waals surface area contributed by atoms with Gasteiger partial charge >= 0.3 is 0 Å². The summed E-state index contributed by atoms with van der Waals surface area (Å²) in [6, 6.07) is 8.33. The Bertz CT molecular complexity index is 705. The van der Waals surface area contributed by atoms with Crippen molar-refractivity contribution in [1.29, 1.82) is 0 Å². The highest BCUT2D eigenvalue weighted by molar-refractivity contribution is 5.81. The van der Waals surface area contributed by atoms with Gasteiger partial charge in [0.2, 0.25) is 11.8 Å². The maximum Gasteiger partial charge on any atom is 0.225 e. The highest BCUT2D eigenvalue weighted by atomic mass is 16.5. The Labute approximate surface area is 155 Å². The Morgan fingerprint density at radius 2 is 1.85 bits per heavy atom. The Balaban J connectivity index is 1.51. The maximum absolute atomic E-state index is 12.4. The Hall–Kier alpha value is -2.04. The minimum absolute atomic E-state index is 0.0906. The van der Waals surface area contributed by atoms with Crippen LogP contribution >= 0.6 is 0 Å². The molecule has 1 heterocycles. The largest absolute Gasteiger partial charge is 0.485 e. The first-order valence-electron chi connectivity index (χ1n) is 9.76. The van der Waals surface area contributed by atoms with E-state index >= 15 is 0 Å². The molecular weight excluding hydrogens is 328 g/mol. The van der Waals surface area contributed by atoms with Crippen LogP contribution in [0.5, 0.6) is 5.75 Å². The topological polar surface area (TPSA) is 49.9 Å². The average Bonchev–Trinajstić information content (AvgIpc) is 3.47. The molecule has 3 aliphatic rings. The standard InChI is InChI=1S/C21H28N2O3/c1-15(24)23-13-17-5-3-4-6-19(17)26-21(14-23)11-9-18(10-12-21)22(2)20(25)16-7-8-16/h3-6,16,18H,7-14H2,1-2H3. The molecule has 0 aromatic heterocycles. The summed E-state index contributed by atoms with van der Waals surface area (Å²) < 4.78 is 6.52. The number of fused-ring (bicyclic) bond motifs is 1. The smallest absolute Gasteiger partial charge is 0.225 e. The lowest BCUT2D eigenvalue weighted by Gasteiger charge is -2.43. The van der Waals surface area contributed by atoms with Crippen molar-refractivity contribution < 1.29 is 14.3 Å². The van der Waals surface area contributed by atoms with Crippen molar-refractivity contribution in [3.63, 3.8) is 0 Å². The van der Waals surface area contributed by atoms with E-state index in [2.05, 4.69) is 0 Å². The van der Waals surface area contributed by atoms with Gasteiger partial charge in [-0.15, -0.1) is 0 Å². The predicted molar refractivity (Wildman–Crippen MR) is 98.6 cm³/mol. The second-order valence-electron chi connectivity index (χ2n) is 8.22. The molecular formula is C21H28N2O3. The molecule has 1 aromatic rings. The number of hydrogen-bond donors (Lipinski definition) is 0. The SMILES string of the molecule is CC(=O)N1Cc2ccccc2OC2(CCC(N(C)C(=O)C3CC3)CC2)C1. The van der Waals surface area contributed by atoms with Gasteiger partial charge in [0.1, 0.15) is 11.4 Å². The maximum atomic E-state index is 12.4. The van der Waals surface area contributed by atoms with E-state index in [4.69, 9.17) is 4.74 Å². The highest BCUT2D eigenvalue weighted by Crippen LogP contribution is 2.40. The predicted octanol–water partition coefficient (Wildman–Crippen LogP) is 2.98. The summed E-state index contributed by atoms with van der Waals surface area (Å²) in [5, 5.41) is 0. The van der Waals surface area contributed by atoms with E-state index in [-0.39, 0.29) is 17.4 Å². The van der Waals surface area contributed by atoms with Gasteiger partial charge in [0.25, 0.3) is 0 Å². The van der Waals surface area contributed by atoms with Crippen molar-refractivity contribution in [1.82, 2.24) is 9.80 Å². The molecule has 0 saturated heterocycles. The second kappa shape index (κ2) is 6.60. The zero-order valence-corrected chi connectivity index (χ0v) is 15.7. The third-order valence-corrected chi connectivity index (χ3v) is 6.27. The number of ether oxygens (including phenoxy) is 1. The fraction of sp³-hybridized carbons (Fsp3) is 0.619. The molecule has 2 saturated carbocycles. The van der Waals surface area contributed by atoms with E-state index in [0.29, 0.717) is 25.0 Å². The molecule has 0 radical (unpaired) electrons. The Morgan fingerprint density at radius 3 is 2.50 bits per heavy atom. The first-order valence-corrected chi connectivity index (χ1v) is 9.76. The van der Waals surface area contributed by atoms with Crippen molar-refractivity contribution >= 4 is 11.8 Å². The molecule has 0 atom stereocenters. The summed E-state index contributed by atoms with van der Waals surface area (Å²) in [5.74, 6) is 1.57. The van der Waals surface area contributed by atoms with Gasteiger partial charge in [0.15, 0.2) is 0 Å². The van der Waals surface area contributed by atoms with Crippen LogP contribution in [-0.4, -0.2) is 46.8 Å². The Kier molecular flexibility index (Phi) is 4.41. The summed E-state index contributed by atoms with van der Waals surface area (Å²) in [6.45, 7) is 2.87. The highest BCUT2D eigenvalue weighted by Gasteiger charge is 2.44. The van der Waals surface area contributed by atoms with Gasteiger partial charge in [-0.05, 0) is 44.6 Å². The molecule has 0 unspecified atom stereocenters. The molecule has 2 aliphatic carbocycles. The molecule has 1 aromatic carbocycles. The third kappa shape index (κ3) is 3.31. The Morgan fingerprint density at radius 1 is 1.15 bits per heavy atom. The lowest BCUT2D eigenvalue weighted by molar-refractivity contribution is -0.136. The third-order valence-electron chi connectivity index (χ3n) is 6.27. The van der Waals surface area contributed by atoms with Gasteiger partial charge in [0.05, 0.1) is 6.54 Å². The van der Waals surface area contributed by atoms with E-state index in [1.165, 1.54) is 0 Å². The molecule has 5 nitrogen and oxygen atoms in total. The van der Waals surface area contributed by atoms with Crippen molar-refractivity contribution in [2.45, 2.75) is 63.6 Å². The molecule has 26 heavy (non-hydrogen) atoms. The molecule has 0 N–H and O–H groups in total. The van der Waals surface area contributed by atoms with Gasteiger partial charge in [-0.25, -0.2) is 0 Å². The minimum atomic E-state index is -0.335. The number of hydrogen-bond acceptors (Lipinski definition) is 3. The monoisotopic (exact) mass is 356 g/mol. The first kappa shape index (κ1) is 17.4. The average molecular weight is 356 g/mol. The summed E-state index contributed by atoms with van der Waals surface area (Å²) >= 11 is 0. The second-order valence-corrected chi connectivity index (χ2v) is 8.22.